The third kappa shape index (κ3) is 7.06. The van der Waals surface area contributed by atoms with Crippen LogP contribution in [-0.2, 0) is 35.1 Å². The first kappa shape index (κ1) is 34.3. The van der Waals surface area contributed by atoms with Gasteiger partial charge in [0.05, 0.1) is 43.0 Å². The van der Waals surface area contributed by atoms with Crippen LogP contribution in [-0.4, -0.2) is 97.4 Å². The zero-order chi connectivity index (χ0) is 36.4. The zero-order valence-electron chi connectivity index (χ0n) is 28.2. The summed E-state index contributed by atoms with van der Waals surface area (Å²) in [6.45, 7) is 5.04. The fraction of sp³-hybridized carbons (Fsp3) is 0.353. The number of fused-ring (bicyclic) bond motifs is 2. The van der Waals surface area contributed by atoms with Gasteiger partial charge >= 0.3 is 12.1 Å². The van der Waals surface area contributed by atoms with Crippen LogP contribution in [0, 0.1) is 10.1 Å². The van der Waals surface area contributed by atoms with Gasteiger partial charge in [0.25, 0.3) is 16.9 Å². The SMILES string of the molecule is CCOc1nc2cccc(C(=O)OC(C)(C)OC(=O)OC3CO[C@H]4[C@@H]3OC[C@H]4O[N+](=O)[O-])c2n1Cc1ccc(-c2ccccc2-c2nnn[nH]2)cc1. The Labute approximate surface area is 295 Å². The summed E-state index contributed by atoms with van der Waals surface area (Å²) in [6.07, 6.45) is -4.60. The highest BCUT2D eigenvalue weighted by Crippen LogP contribution is 2.33. The average Bonchev–Trinajstić information content (AvgIpc) is 3.92. The van der Waals surface area contributed by atoms with Gasteiger partial charge in [-0.15, -0.1) is 15.2 Å². The van der Waals surface area contributed by atoms with Gasteiger partial charge in [-0.2, -0.15) is 4.98 Å². The molecule has 1 N–H and O–H groups in total. The molecule has 18 heteroatoms. The molecule has 0 bridgehead atoms. The number of hydrogen-bond donors (Lipinski definition) is 1. The third-order valence-corrected chi connectivity index (χ3v) is 8.46. The van der Waals surface area contributed by atoms with E-state index in [0.29, 0.717) is 36.0 Å². The van der Waals surface area contributed by atoms with Crippen LogP contribution in [0.1, 0.15) is 36.7 Å². The quantitative estimate of drug-likeness (QED) is 0.0832. The normalized spacial score (nSPS) is 19.6. The Kier molecular flexibility index (Phi) is 9.39. The van der Waals surface area contributed by atoms with Gasteiger partial charge in [0.1, 0.15) is 12.2 Å². The number of nitrogens with one attached hydrogen (secondary N) is 1. The van der Waals surface area contributed by atoms with Crippen LogP contribution in [0.15, 0.2) is 66.7 Å². The summed E-state index contributed by atoms with van der Waals surface area (Å²) in [7, 11) is 0. The number of ether oxygens (including phenoxy) is 6. The van der Waals surface area contributed by atoms with Crippen LogP contribution in [0.5, 0.6) is 6.01 Å². The standard InChI is InChI=1S/C34H33N7O11/c1-4-46-32-35-24-11-7-10-23(31(42)50-34(2,3)51-33(43)49-25-17-47-29-26(52-41(44)45)18-48-28(25)29)27(24)40(32)16-19-12-14-20(15-13-19)21-8-5-6-9-22(21)30-36-38-39-37-30/h5-15,25-26,28-29H,4,16-18H2,1-3H3,(H,36,37,38,39)/t25?,26-,28-,29-/m1/s1. The lowest BCUT2D eigenvalue weighted by Crippen LogP contribution is -2.39. The maximum Gasteiger partial charge on any atom is 0.512 e. The first-order valence-corrected chi connectivity index (χ1v) is 16.3. The molecule has 4 heterocycles. The summed E-state index contributed by atoms with van der Waals surface area (Å²) < 4.78 is 35.1. The van der Waals surface area contributed by atoms with E-state index in [0.717, 1.165) is 22.3 Å². The number of aromatic nitrogens is 6. The second kappa shape index (κ2) is 14.2. The monoisotopic (exact) mass is 715 g/mol. The summed E-state index contributed by atoms with van der Waals surface area (Å²) in [5.41, 5.74) is 4.76. The van der Waals surface area contributed by atoms with Crippen molar-refractivity contribution in [2.45, 2.75) is 57.5 Å². The number of rotatable bonds is 12. The fourth-order valence-corrected chi connectivity index (χ4v) is 6.28. The molecule has 18 nitrogen and oxygen atoms in total. The molecule has 270 valence electrons. The van der Waals surface area contributed by atoms with Crippen molar-refractivity contribution in [2.75, 3.05) is 19.8 Å². The Morgan fingerprint density at radius 3 is 2.42 bits per heavy atom. The molecule has 2 saturated heterocycles. The summed E-state index contributed by atoms with van der Waals surface area (Å²) in [4.78, 5) is 46.5. The third-order valence-electron chi connectivity index (χ3n) is 8.46. The lowest BCUT2D eigenvalue weighted by Gasteiger charge is -2.26. The van der Waals surface area contributed by atoms with Crippen LogP contribution >= 0.6 is 0 Å². The van der Waals surface area contributed by atoms with E-state index in [-0.39, 0.29) is 18.8 Å². The first-order valence-electron chi connectivity index (χ1n) is 16.3. The number of imidazole rings is 1. The van der Waals surface area contributed by atoms with Crippen molar-refractivity contribution in [3.05, 3.63) is 88.0 Å². The summed E-state index contributed by atoms with van der Waals surface area (Å²) >= 11 is 0. The molecule has 2 aromatic heterocycles. The number of para-hydroxylation sites is 1. The minimum Gasteiger partial charge on any atom is -0.465 e. The van der Waals surface area contributed by atoms with Gasteiger partial charge in [0.15, 0.2) is 18.0 Å². The van der Waals surface area contributed by atoms with Gasteiger partial charge in [-0.05, 0) is 46.2 Å². The second-order valence-corrected chi connectivity index (χ2v) is 12.3. The van der Waals surface area contributed by atoms with Crippen molar-refractivity contribution in [1.29, 1.82) is 0 Å². The van der Waals surface area contributed by atoms with Gasteiger partial charge in [-0.1, -0.05) is 54.6 Å². The van der Waals surface area contributed by atoms with Gasteiger partial charge in [-0.25, -0.2) is 14.7 Å². The molecule has 52 heavy (non-hydrogen) atoms. The summed E-state index contributed by atoms with van der Waals surface area (Å²) in [5, 5.41) is 24.1. The molecule has 2 fully saturated rings. The van der Waals surface area contributed by atoms with E-state index in [4.69, 9.17) is 28.4 Å². The Bertz CT molecular complexity index is 2090. The van der Waals surface area contributed by atoms with Crippen LogP contribution in [0.2, 0.25) is 0 Å². The Hall–Kier alpha value is -6.14. The number of hydrogen-bond acceptors (Lipinski definition) is 15. The maximum atomic E-state index is 13.7. The molecular formula is C34H33N7O11. The van der Waals surface area contributed by atoms with Gasteiger partial charge in [-0.3, -0.25) is 4.57 Å². The zero-order valence-corrected chi connectivity index (χ0v) is 28.2. The predicted molar refractivity (Wildman–Crippen MR) is 177 cm³/mol. The molecule has 2 aliphatic heterocycles. The fourth-order valence-electron chi connectivity index (χ4n) is 6.28. The number of aromatic amines is 1. The topological polar surface area (TPSA) is 214 Å². The van der Waals surface area contributed by atoms with Crippen molar-refractivity contribution in [2.24, 2.45) is 0 Å². The molecular weight excluding hydrogens is 682 g/mol. The van der Waals surface area contributed by atoms with Crippen LogP contribution in [0.3, 0.4) is 0 Å². The minimum atomic E-state index is -1.77. The summed E-state index contributed by atoms with van der Waals surface area (Å²) in [5.74, 6) is -2.01. The Balaban J connectivity index is 1.07. The largest absolute Gasteiger partial charge is 0.512 e. The van der Waals surface area contributed by atoms with Gasteiger partial charge in [0.2, 0.25) is 0 Å². The molecule has 0 amide bonds. The number of esters is 1. The van der Waals surface area contributed by atoms with Gasteiger partial charge in [0, 0.05) is 19.4 Å². The second-order valence-electron chi connectivity index (χ2n) is 12.3. The number of carbonyl (C=O) groups is 2. The molecule has 7 rings (SSSR count). The minimum absolute atomic E-state index is 0.0905. The molecule has 0 spiro atoms. The van der Waals surface area contributed by atoms with E-state index >= 15 is 0 Å². The molecule has 0 saturated carbocycles. The van der Waals surface area contributed by atoms with E-state index in [1.807, 2.05) is 55.5 Å². The number of tetrazole rings is 1. The lowest BCUT2D eigenvalue weighted by molar-refractivity contribution is -0.769. The number of H-pyrrole nitrogens is 1. The van der Waals surface area contributed by atoms with Crippen molar-refractivity contribution in [1.82, 2.24) is 30.2 Å². The number of carbonyl (C=O) groups excluding carboxylic acids is 2. The van der Waals surface area contributed by atoms with Crippen molar-refractivity contribution < 1.29 is 47.9 Å². The average molecular weight is 716 g/mol. The Morgan fingerprint density at radius 2 is 1.71 bits per heavy atom. The molecule has 3 aromatic carbocycles. The molecule has 5 aromatic rings. The lowest BCUT2D eigenvalue weighted by atomic mass is 9.98. The first-order chi connectivity index (χ1) is 25.1. The molecule has 1 unspecified atom stereocenters. The summed E-state index contributed by atoms with van der Waals surface area (Å²) in [6, 6.07) is 21.0. The maximum absolute atomic E-state index is 13.7. The van der Waals surface area contributed by atoms with E-state index in [1.54, 1.807) is 22.8 Å². The molecule has 4 atom stereocenters. The van der Waals surface area contributed by atoms with Crippen molar-refractivity contribution in [3.63, 3.8) is 0 Å². The number of benzene rings is 3. The molecule has 2 aliphatic rings. The highest BCUT2D eigenvalue weighted by Gasteiger charge is 2.51. The van der Waals surface area contributed by atoms with Crippen molar-refractivity contribution in [3.8, 4) is 28.5 Å². The predicted octanol–water partition coefficient (Wildman–Crippen LogP) is 4.12. The number of nitrogens with zero attached hydrogens (tertiary/aromatic N) is 6. The smallest absolute Gasteiger partial charge is 0.465 e. The molecule has 0 aliphatic carbocycles. The van der Waals surface area contributed by atoms with Crippen LogP contribution in [0.4, 0.5) is 4.79 Å². The van der Waals surface area contributed by atoms with Gasteiger partial charge < -0.3 is 33.3 Å². The highest BCUT2D eigenvalue weighted by atomic mass is 17.0. The van der Waals surface area contributed by atoms with E-state index in [9.17, 15) is 19.7 Å². The molecule has 0 radical (unpaired) electrons. The highest BCUT2D eigenvalue weighted by molar-refractivity contribution is 6.02. The van der Waals surface area contributed by atoms with E-state index < -0.39 is 47.4 Å². The van der Waals surface area contributed by atoms with Crippen molar-refractivity contribution >= 4 is 23.2 Å². The van der Waals surface area contributed by atoms with E-state index in [2.05, 4.69) is 30.4 Å². The Morgan fingerprint density at radius 1 is 0.981 bits per heavy atom. The van der Waals surface area contributed by atoms with E-state index in [1.165, 1.54) is 13.8 Å². The van der Waals surface area contributed by atoms with Crippen LogP contribution < -0.4 is 4.74 Å². The van der Waals surface area contributed by atoms with Crippen LogP contribution in [0.25, 0.3) is 33.5 Å².